The molecule has 2 heterocycles. The molecule has 1 N–H and O–H groups in total. The topological polar surface area (TPSA) is 25.2 Å². The lowest BCUT2D eigenvalue weighted by molar-refractivity contribution is 0.198. The van der Waals surface area contributed by atoms with Crippen LogP contribution in [-0.4, -0.2) is 16.3 Å². The fraction of sp³-hybridized carbons (Fsp3) is 0.333. The van der Waals surface area contributed by atoms with E-state index >= 15 is 0 Å². The van der Waals surface area contributed by atoms with Crippen LogP contribution < -0.4 is 0 Å². The van der Waals surface area contributed by atoms with Crippen molar-refractivity contribution in [1.29, 1.82) is 0 Å². The molecule has 1 aromatic carbocycles. The molecular weight excluding hydrogens is 254 g/mol. The molecule has 1 unspecified atom stereocenters. The van der Waals surface area contributed by atoms with Crippen LogP contribution in [0.1, 0.15) is 12.5 Å². The van der Waals surface area contributed by atoms with E-state index in [2.05, 4.69) is 51.8 Å². The predicted octanol–water partition coefficient (Wildman–Crippen LogP) is 2.67. The monoisotopic (exact) mass is 265 g/mol. The second-order valence-corrected chi connectivity index (χ2v) is 5.38. The van der Waals surface area contributed by atoms with E-state index in [-0.39, 0.29) is 12.0 Å². The zero-order valence-electron chi connectivity index (χ0n) is 8.50. The molecule has 2 aromatic rings. The highest BCUT2D eigenvalue weighted by Crippen LogP contribution is 2.41. The van der Waals surface area contributed by atoms with Crippen molar-refractivity contribution in [3.8, 4) is 0 Å². The van der Waals surface area contributed by atoms with Gasteiger partial charge in [-0.3, -0.25) is 0 Å². The number of hydrogen-bond donors (Lipinski definition) is 1. The molecule has 78 valence electrons. The van der Waals surface area contributed by atoms with Gasteiger partial charge in [-0.05, 0) is 21.5 Å². The quantitative estimate of drug-likeness (QED) is 0.843. The Labute approximate surface area is 96.6 Å². The Bertz CT molecular complexity index is 546. The molecule has 3 heteroatoms. The zero-order chi connectivity index (χ0) is 10.6. The summed E-state index contributed by atoms with van der Waals surface area (Å²) in [6.07, 6.45) is 2.11. The number of aliphatic hydroxyl groups is 1. The van der Waals surface area contributed by atoms with Gasteiger partial charge in [-0.2, -0.15) is 0 Å². The van der Waals surface area contributed by atoms with Crippen LogP contribution in [-0.2, 0) is 12.0 Å². The van der Waals surface area contributed by atoms with E-state index in [9.17, 15) is 5.11 Å². The number of aromatic nitrogens is 1. The van der Waals surface area contributed by atoms with Gasteiger partial charge >= 0.3 is 0 Å². The number of halogens is 1. The summed E-state index contributed by atoms with van der Waals surface area (Å²) in [4.78, 5) is 0. The fourth-order valence-electron chi connectivity index (χ4n) is 2.52. The summed E-state index contributed by atoms with van der Waals surface area (Å²) in [5.41, 5.74) is 2.41. The smallest absolute Gasteiger partial charge is 0.0543 e. The third-order valence-electron chi connectivity index (χ3n) is 3.37. The summed E-state index contributed by atoms with van der Waals surface area (Å²) >= 11 is 3.56. The molecule has 2 nitrogen and oxygen atoms in total. The largest absolute Gasteiger partial charge is 0.395 e. The van der Waals surface area contributed by atoms with Gasteiger partial charge in [0.2, 0.25) is 0 Å². The number of aliphatic hydroxyl groups excluding tert-OH is 1. The van der Waals surface area contributed by atoms with Gasteiger partial charge in [0.1, 0.15) is 0 Å². The van der Waals surface area contributed by atoms with E-state index in [1.54, 1.807) is 0 Å². The molecule has 0 saturated heterocycles. The summed E-state index contributed by atoms with van der Waals surface area (Å²) in [7, 11) is 0. The van der Waals surface area contributed by atoms with Crippen molar-refractivity contribution >= 4 is 26.8 Å². The molecule has 1 aliphatic heterocycles. The Morgan fingerprint density at radius 3 is 3.07 bits per heavy atom. The summed E-state index contributed by atoms with van der Waals surface area (Å²) in [5.74, 6) is 0. The highest BCUT2D eigenvalue weighted by Gasteiger charge is 2.35. The first-order valence-electron chi connectivity index (χ1n) is 5.04. The highest BCUT2D eigenvalue weighted by molar-refractivity contribution is 9.10. The maximum Gasteiger partial charge on any atom is 0.0543 e. The van der Waals surface area contributed by atoms with Crippen LogP contribution in [0.3, 0.4) is 0 Å². The van der Waals surface area contributed by atoms with Crippen LogP contribution in [0.4, 0.5) is 0 Å². The molecule has 0 saturated carbocycles. The van der Waals surface area contributed by atoms with Gasteiger partial charge in [0, 0.05) is 28.0 Å². The maximum atomic E-state index is 9.51. The van der Waals surface area contributed by atoms with Crippen molar-refractivity contribution in [3.63, 3.8) is 0 Å². The highest BCUT2D eigenvalue weighted by atomic mass is 79.9. The molecule has 0 radical (unpaired) electrons. The molecule has 0 bridgehead atoms. The summed E-state index contributed by atoms with van der Waals surface area (Å²) in [6.45, 7) is 3.18. The predicted molar refractivity (Wildman–Crippen MR) is 64.1 cm³/mol. The molecular formula is C12H12BrNO. The Kier molecular flexibility index (Phi) is 1.80. The standard InChI is InChI=1S/C12H12BrNO/c1-12(7-15)6-14-5-10(13)8-3-2-4-9(12)11(8)14/h2-5,15H,6-7H2,1H3. The second-order valence-electron chi connectivity index (χ2n) is 4.53. The molecule has 0 spiro atoms. The number of benzene rings is 1. The van der Waals surface area contributed by atoms with Crippen LogP contribution in [0.2, 0.25) is 0 Å². The van der Waals surface area contributed by atoms with E-state index in [0.717, 1.165) is 11.0 Å². The van der Waals surface area contributed by atoms with Gasteiger partial charge in [0.25, 0.3) is 0 Å². The number of para-hydroxylation sites is 1. The van der Waals surface area contributed by atoms with Crippen LogP contribution in [0, 0.1) is 0 Å². The van der Waals surface area contributed by atoms with Crippen molar-refractivity contribution < 1.29 is 5.11 Å². The summed E-state index contributed by atoms with van der Waals surface area (Å²) in [6, 6.07) is 6.29. The summed E-state index contributed by atoms with van der Waals surface area (Å²) < 4.78 is 3.37. The van der Waals surface area contributed by atoms with E-state index in [1.165, 1.54) is 16.5 Å². The van der Waals surface area contributed by atoms with Gasteiger partial charge in [-0.25, -0.2) is 0 Å². The number of hydrogen-bond acceptors (Lipinski definition) is 1. The Morgan fingerprint density at radius 1 is 1.53 bits per heavy atom. The third kappa shape index (κ3) is 1.08. The van der Waals surface area contributed by atoms with E-state index in [1.807, 2.05) is 0 Å². The van der Waals surface area contributed by atoms with E-state index in [4.69, 9.17) is 0 Å². The molecule has 0 amide bonds. The lowest BCUT2D eigenvalue weighted by atomic mass is 9.85. The maximum absolute atomic E-state index is 9.51. The van der Waals surface area contributed by atoms with Crippen LogP contribution >= 0.6 is 15.9 Å². The molecule has 1 aliphatic rings. The van der Waals surface area contributed by atoms with Gasteiger partial charge in [0.15, 0.2) is 0 Å². The minimum Gasteiger partial charge on any atom is -0.395 e. The second kappa shape index (κ2) is 2.86. The average molecular weight is 266 g/mol. The number of nitrogens with zero attached hydrogens (tertiary/aromatic N) is 1. The molecule has 1 aromatic heterocycles. The van der Waals surface area contributed by atoms with Crippen LogP contribution in [0.15, 0.2) is 28.9 Å². The minimum atomic E-state index is -0.116. The van der Waals surface area contributed by atoms with Gasteiger partial charge < -0.3 is 9.67 Å². The molecule has 15 heavy (non-hydrogen) atoms. The van der Waals surface area contributed by atoms with Gasteiger partial charge in [-0.1, -0.05) is 25.1 Å². The van der Waals surface area contributed by atoms with Crippen molar-refractivity contribution in [2.24, 2.45) is 0 Å². The SMILES string of the molecule is CC1(CO)Cn2cc(Br)c3cccc1c32. The zero-order valence-corrected chi connectivity index (χ0v) is 10.1. The first-order chi connectivity index (χ1) is 7.15. The molecule has 0 fully saturated rings. The lowest BCUT2D eigenvalue weighted by Gasteiger charge is -2.22. The van der Waals surface area contributed by atoms with E-state index < -0.39 is 0 Å². The Morgan fingerprint density at radius 2 is 2.33 bits per heavy atom. The van der Waals surface area contributed by atoms with Crippen LogP contribution in [0.5, 0.6) is 0 Å². The van der Waals surface area contributed by atoms with Crippen molar-refractivity contribution in [2.45, 2.75) is 18.9 Å². The molecule has 3 rings (SSSR count). The molecule has 0 aliphatic carbocycles. The fourth-order valence-corrected chi connectivity index (χ4v) is 3.09. The lowest BCUT2D eigenvalue weighted by Crippen LogP contribution is -2.27. The minimum absolute atomic E-state index is 0.116. The normalized spacial score (nSPS) is 23.9. The third-order valence-corrected chi connectivity index (χ3v) is 4.00. The van der Waals surface area contributed by atoms with Crippen molar-refractivity contribution in [2.75, 3.05) is 6.61 Å². The molecule has 1 atom stereocenters. The number of rotatable bonds is 1. The Hall–Kier alpha value is -0.800. The first-order valence-corrected chi connectivity index (χ1v) is 5.84. The van der Waals surface area contributed by atoms with Crippen molar-refractivity contribution in [3.05, 3.63) is 34.4 Å². The first kappa shape index (κ1) is 9.43. The van der Waals surface area contributed by atoms with Gasteiger partial charge in [0.05, 0.1) is 12.1 Å². The van der Waals surface area contributed by atoms with Crippen LogP contribution in [0.25, 0.3) is 10.9 Å². The van der Waals surface area contributed by atoms with Crippen molar-refractivity contribution in [1.82, 2.24) is 4.57 Å². The van der Waals surface area contributed by atoms with Gasteiger partial charge in [-0.15, -0.1) is 0 Å². The Balaban J connectivity index is 2.41. The summed E-state index contributed by atoms with van der Waals surface area (Å²) in [5, 5.41) is 10.8. The average Bonchev–Trinajstić information content (AvgIpc) is 2.70. The van der Waals surface area contributed by atoms with E-state index in [0.29, 0.717) is 0 Å².